The van der Waals surface area contributed by atoms with Crippen molar-refractivity contribution in [3.63, 3.8) is 0 Å². The number of hydrogen-bond acceptors (Lipinski definition) is 5. The maximum atomic E-state index is 11.4. The van der Waals surface area contributed by atoms with Gasteiger partial charge in [-0.3, -0.25) is 10.1 Å². The summed E-state index contributed by atoms with van der Waals surface area (Å²) in [5, 5.41) is 2.04. The SMILES string of the molecule is COc1cc(/C=C2/OC(=O)NC2=O)ccc1N(C)C. The van der Waals surface area contributed by atoms with E-state index in [2.05, 4.69) is 0 Å². The van der Waals surface area contributed by atoms with Gasteiger partial charge in [-0.2, -0.15) is 0 Å². The molecule has 0 aliphatic carbocycles. The van der Waals surface area contributed by atoms with E-state index in [1.165, 1.54) is 6.08 Å². The molecule has 0 saturated carbocycles. The highest BCUT2D eigenvalue weighted by molar-refractivity contribution is 6.09. The Hall–Kier alpha value is -2.50. The van der Waals surface area contributed by atoms with Crippen molar-refractivity contribution in [2.45, 2.75) is 0 Å². The van der Waals surface area contributed by atoms with Crippen molar-refractivity contribution in [1.29, 1.82) is 0 Å². The maximum absolute atomic E-state index is 11.4. The van der Waals surface area contributed by atoms with Crippen LogP contribution in [0.15, 0.2) is 24.0 Å². The first-order valence-corrected chi connectivity index (χ1v) is 5.61. The van der Waals surface area contributed by atoms with Crippen LogP contribution in [0.2, 0.25) is 0 Å². The summed E-state index contributed by atoms with van der Waals surface area (Å²) in [6.07, 6.45) is 0.732. The normalized spacial score (nSPS) is 16.3. The number of nitrogens with one attached hydrogen (secondary N) is 1. The second kappa shape index (κ2) is 5.01. The van der Waals surface area contributed by atoms with Gasteiger partial charge in [-0.1, -0.05) is 6.07 Å². The van der Waals surface area contributed by atoms with E-state index in [-0.39, 0.29) is 5.76 Å². The van der Waals surface area contributed by atoms with Crippen LogP contribution in [-0.4, -0.2) is 33.2 Å². The highest BCUT2D eigenvalue weighted by Gasteiger charge is 2.26. The van der Waals surface area contributed by atoms with Gasteiger partial charge in [0.25, 0.3) is 5.91 Å². The first kappa shape index (κ1) is 12.9. The van der Waals surface area contributed by atoms with Gasteiger partial charge in [-0.15, -0.1) is 0 Å². The Morgan fingerprint density at radius 3 is 2.58 bits per heavy atom. The lowest BCUT2D eigenvalue weighted by Gasteiger charge is -2.16. The number of methoxy groups -OCH3 is 1. The summed E-state index contributed by atoms with van der Waals surface area (Å²) < 4.78 is 10.0. The Bertz CT molecular complexity index is 564. The molecule has 1 fully saturated rings. The highest BCUT2D eigenvalue weighted by atomic mass is 16.6. The number of anilines is 1. The van der Waals surface area contributed by atoms with Gasteiger partial charge in [-0.05, 0) is 23.8 Å². The zero-order valence-corrected chi connectivity index (χ0v) is 10.9. The summed E-state index contributed by atoms with van der Waals surface area (Å²) in [6, 6.07) is 5.44. The predicted molar refractivity (Wildman–Crippen MR) is 69.9 cm³/mol. The van der Waals surface area contributed by atoms with Gasteiger partial charge in [0.1, 0.15) is 5.75 Å². The summed E-state index contributed by atoms with van der Waals surface area (Å²) >= 11 is 0. The molecule has 100 valence electrons. The van der Waals surface area contributed by atoms with Gasteiger partial charge in [-0.25, -0.2) is 4.79 Å². The molecule has 6 heteroatoms. The van der Waals surface area contributed by atoms with Gasteiger partial charge in [0.2, 0.25) is 0 Å². The van der Waals surface area contributed by atoms with Crippen LogP contribution in [0, 0.1) is 0 Å². The second-order valence-corrected chi connectivity index (χ2v) is 4.18. The lowest BCUT2D eigenvalue weighted by molar-refractivity contribution is -0.116. The molecular formula is C13H14N2O4. The first-order chi connectivity index (χ1) is 9.01. The molecule has 0 radical (unpaired) electrons. The maximum Gasteiger partial charge on any atom is 0.419 e. The van der Waals surface area contributed by atoms with Crippen LogP contribution in [0.3, 0.4) is 0 Å². The van der Waals surface area contributed by atoms with Crippen molar-refractivity contribution in [1.82, 2.24) is 5.32 Å². The fraction of sp³-hybridized carbons (Fsp3) is 0.231. The Balaban J connectivity index is 2.34. The van der Waals surface area contributed by atoms with Crippen LogP contribution >= 0.6 is 0 Å². The molecule has 2 rings (SSSR count). The summed E-state index contributed by atoms with van der Waals surface area (Å²) in [6.45, 7) is 0. The van der Waals surface area contributed by atoms with Crippen LogP contribution < -0.4 is 15.0 Å². The van der Waals surface area contributed by atoms with E-state index < -0.39 is 12.0 Å². The average Bonchev–Trinajstić information content (AvgIpc) is 2.67. The zero-order chi connectivity index (χ0) is 14.0. The number of hydrogen-bond donors (Lipinski definition) is 1. The van der Waals surface area contributed by atoms with Gasteiger partial charge >= 0.3 is 6.09 Å². The fourth-order valence-corrected chi connectivity index (χ4v) is 1.73. The molecule has 1 aliphatic heterocycles. The topological polar surface area (TPSA) is 67.9 Å². The number of rotatable bonds is 3. The molecule has 1 N–H and O–H groups in total. The van der Waals surface area contributed by atoms with E-state index in [0.717, 1.165) is 5.69 Å². The molecule has 0 unspecified atom stereocenters. The molecule has 1 heterocycles. The molecule has 0 aromatic heterocycles. The second-order valence-electron chi connectivity index (χ2n) is 4.18. The quantitative estimate of drug-likeness (QED) is 0.833. The predicted octanol–water partition coefficient (Wildman–Crippen LogP) is 1.37. The van der Waals surface area contributed by atoms with Gasteiger partial charge in [0.05, 0.1) is 12.8 Å². The molecule has 1 aliphatic rings. The minimum absolute atomic E-state index is 0.0235. The number of benzene rings is 1. The average molecular weight is 262 g/mol. The molecule has 0 bridgehead atoms. The number of nitrogens with zero attached hydrogens (tertiary/aromatic N) is 1. The van der Waals surface area contributed by atoms with Gasteiger partial charge < -0.3 is 14.4 Å². The number of alkyl carbamates (subject to hydrolysis) is 1. The molecule has 0 atom stereocenters. The summed E-state index contributed by atoms with van der Waals surface area (Å²) in [4.78, 5) is 24.2. The molecular weight excluding hydrogens is 248 g/mol. The van der Waals surface area contributed by atoms with Gasteiger partial charge in [0, 0.05) is 14.1 Å². The van der Waals surface area contributed by atoms with Crippen molar-refractivity contribution in [3.05, 3.63) is 29.5 Å². The molecule has 6 nitrogen and oxygen atoms in total. The van der Waals surface area contributed by atoms with Crippen molar-refractivity contribution >= 4 is 23.8 Å². The third-order valence-electron chi connectivity index (χ3n) is 2.63. The summed E-state index contributed by atoms with van der Waals surface area (Å²) in [7, 11) is 5.38. The van der Waals surface area contributed by atoms with Crippen LogP contribution in [0.1, 0.15) is 5.56 Å². The van der Waals surface area contributed by atoms with E-state index in [9.17, 15) is 9.59 Å². The van der Waals surface area contributed by atoms with Crippen molar-refractivity contribution in [2.75, 3.05) is 26.1 Å². The molecule has 2 amide bonds. The van der Waals surface area contributed by atoms with Crippen molar-refractivity contribution in [3.8, 4) is 5.75 Å². The number of carbonyl (C=O) groups excluding carboxylic acids is 2. The fourth-order valence-electron chi connectivity index (χ4n) is 1.73. The third kappa shape index (κ3) is 2.67. The van der Waals surface area contributed by atoms with E-state index in [0.29, 0.717) is 11.3 Å². The summed E-state index contributed by atoms with van der Waals surface area (Å²) in [5.74, 6) is 0.106. The molecule has 1 aromatic rings. The minimum Gasteiger partial charge on any atom is -0.495 e. The Morgan fingerprint density at radius 2 is 2.05 bits per heavy atom. The molecule has 0 spiro atoms. The minimum atomic E-state index is -0.756. The summed E-state index contributed by atoms with van der Waals surface area (Å²) in [5.41, 5.74) is 1.62. The Labute approximate surface area is 110 Å². The zero-order valence-electron chi connectivity index (χ0n) is 10.9. The third-order valence-corrected chi connectivity index (χ3v) is 2.63. The number of ether oxygens (including phenoxy) is 2. The lowest BCUT2D eigenvalue weighted by atomic mass is 10.1. The van der Waals surface area contributed by atoms with E-state index in [1.807, 2.05) is 36.4 Å². The highest BCUT2D eigenvalue weighted by Crippen LogP contribution is 2.28. The Morgan fingerprint density at radius 1 is 1.32 bits per heavy atom. The molecule has 19 heavy (non-hydrogen) atoms. The number of amides is 2. The molecule has 1 saturated heterocycles. The standard InChI is InChI=1S/C13H14N2O4/c1-15(2)9-5-4-8(6-10(9)18-3)7-11-12(16)14-13(17)19-11/h4-7H,1-3H3,(H,14,16,17)/b11-7+. The van der Waals surface area contributed by atoms with Crippen molar-refractivity contribution in [2.24, 2.45) is 0 Å². The number of cyclic esters (lactones) is 1. The number of imide groups is 1. The number of carbonyl (C=O) groups is 2. The van der Waals surface area contributed by atoms with Crippen LogP contribution in [0.5, 0.6) is 5.75 Å². The monoisotopic (exact) mass is 262 g/mol. The lowest BCUT2D eigenvalue weighted by Crippen LogP contribution is -2.18. The Kier molecular flexibility index (Phi) is 3.41. The van der Waals surface area contributed by atoms with Crippen LogP contribution in [0.4, 0.5) is 10.5 Å². The van der Waals surface area contributed by atoms with E-state index in [1.54, 1.807) is 13.2 Å². The van der Waals surface area contributed by atoms with Crippen LogP contribution in [-0.2, 0) is 9.53 Å². The van der Waals surface area contributed by atoms with E-state index >= 15 is 0 Å². The van der Waals surface area contributed by atoms with Crippen LogP contribution in [0.25, 0.3) is 6.08 Å². The first-order valence-electron chi connectivity index (χ1n) is 5.61. The van der Waals surface area contributed by atoms with E-state index in [4.69, 9.17) is 9.47 Å². The smallest absolute Gasteiger partial charge is 0.419 e. The molecule has 1 aromatic carbocycles. The van der Waals surface area contributed by atoms with Crippen molar-refractivity contribution < 1.29 is 19.1 Å². The van der Waals surface area contributed by atoms with Gasteiger partial charge in [0.15, 0.2) is 5.76 Å². The largest absolute Gasteiger partial charge is 0.495 e.